The molecule has 0 bridgehead atoms. The lowest BCUT2D eigenvalue weighted by Crippen LogP contribution is -2.42. The molecule has 1 fully saturated rings. The van der Waals surface area contributed by atoms with Crippen LogP contribution >= 0.6 is 0 Å². The first-order valence-corrected chi connectivity index (χ1v) is 7.07. The third-order valence-corrected chi connectivity index (χ3v) is 4.23. The monoisotopic (exact) mass is 272 g/mol. The van der Waals surface area contributed by atoms with Gasteiger partial charge in [-0.15, -0.1) is 0 Å². The molecule has 0 amide bonds. The number of hydrogen-bond donors (Lipinski definition) is 3. The van der Waals surface area contributed by atoms with Crippen LogP contribution in [0.3, 0.4) is 0 Å². The standard InChI is InChI=1S/C15H20N4O/c20-11-15(4-2-5-15)10-17-8-13-9-18-19-14(13)12-3-1-6-16-7-12/h1,3,6-7,9,17,20H,2,4-5,8,10-11H2,(H,18,19). The zero-order valence-electron chi connectivity index (χ0n) is 11.5. The molecule has 0 spiro atoms. The molecule has 3 N–H and O–H groups in total. The zero-order chi connectivity index (χ0) is 13.8. The molecule has 1 aliphatic carbocycles. The van der Waals surface area contributed by atoms with Crippen LogP contribution in [0.15, 0.2) is 30.7 Å². The Morgan fingerprint density at radius 2 is 2.25 bits per heavy atom. The second-order valence-corrected chi connectivity index (χ2v) is 5.63. The molecule has 106 valence electrons. The molecule has 0 aliphatic heterocycles. The number of nitrogens with one attached hydrogen (secondary N) is 2. The Morgan fingerprint density at radius 3 is 2.90 bits per heavy atom. The SMILES string of the molecule is OCC1(CNCc2cn[nH]c2-c2cccnc2)CCC1. The fourth-order valence-electron chi connectivity index (χ4n) is 2.74. The molecule has 2 heterocycles. The van der Waals surface area contributed by atoms with Crippen LogP contribution < -0.4 is 5.32 Å². The Labute approximate surface area is 118 Å². The summed E-state index contributed by atoms with van der Waals surface area (Å²) in [6.07, 6.45) is 8.92. The fraction of sp³-hybridized carbons (Fsp3) is 0.467. The van der Waals surface area contributed by atoms with Gasteiger partial charge < -0.3 is 10.4 Å². The maximum absolute atomic E-state index is 9.46. The smallest absolute Gasteiger partial charge is 0.0710 e. The number of aliphatic hydroxyl groups excluding tert-OH is 1. The molecule has 0 radical (unpaired) electrons. The van der Waals surface area contributed by atoms with Gasteiger partial charge in [0.1, 0.15) is 0 Å². The number of nitrogens with zero attached hydrogens (tertiary/aromatic N) is 2. The van der Waals surface area contributed by atoms with Crippen molar-refractivity contribution in [3.8, 4) is 11.3 Å². The third kappa shape index (κ3) is 2.59. The highest BCUT2D eigenvalue weighted by molar-refractivity contribution is 5.61. The largest absolute Gasteiger partial charge is 0.396 e. The van der Waals surface area contributed by atoms with E-state index >= 15 is 0 Å². The van der Waals surface area contributed by atoms with Crippen LogP contribution in [0.1, 0.15) is 24.8 Å². The second-order valence-electron chi connectivity index (χ2n) is 5.63. The summed E-state index contributed by atoms with van der Waals surface area (Å²) in [6, 6.07) is 3.94. The van der Waals surface area contributed by atoms with Crippen molar-refractivity contribution in [2.45, 2.75) is 25.8 Å². The van der Waals surface area contributed by atoms with Crippen LogP contribution in [-0.2, 0) is 6.54 Å². The Bertz CT molecular complexity index is 543. The average Bonchev–Trinajstić information content (AvgIpc) is 2.91. The minimum atomic E-state index is 0.109. The molecule has 0 atom stereocenters. The topological polar surface area (TPSA) is 73.8 Å². The number of aliphatic hydroxyl groups is 1. The molecular formula is C15H20N4O. The van der Waals surface area contributed by atoms with Gasteiger partial charge in [-0.2, -0.15) is 5.10 Å². The second kappa shape index (κ2) is 5.73. The molecule has 0 unspecified atom stereocenters. The quantitative estimate of drug-likeness (QED) is 0.748. The van der Waals surface area contributed by atoms with Crippen LogP contribution in [0.4, 0.5) is 0 Å². The van der Waals surface area contributed by atoms with E-state index in [1.54, 1.807) is 6.20 Å². The first-order chi connectivity index (χ1) is 9.83. The molecule has 0 saturated heterocycles. The predicted molar refractivity (Wildman–Crippen MR) is 76.9 cm³/mol. The Kier molecular flexibility index (Phi) is 3.80. The van der Waals surface area contributed by atoms with Crippen molar-refractivity contribution < 1.29 is 5.11 Å². The number of hydrogen-bond acceptors (Lipinski definition) is 4. The highest BCUT2D eigenvalue weighted by atomic mass is 16.3. The number of pyridine rings is 1. The van der Waals surface area contributed by atoms with Gasteiger partial charge in [-0.1, -0.05) is 6.42 Å². The maximum Gasteiger partial charge on any atom is 0.0710 e. The number of aromatic nitrogens is 3. The lowest BCUT2D eigenvalue weighted by molar-refractivity contribution is 0.0445. The number of rotatable bonds is 6. The Hall–Kier alpha value is -1.72. The van der Waals surface area contributed by atoms with E-state index in [-0.39, 0.29) is 12.0 Å². The van der Waals surface area contributed by atoms with Crippen molar-refractivity contribution in [1.29, 1.82) is 0 Å². The van der Waals surface area contributed by atoms with Crippen molar-refractivity contribution in [3.63, 3.8) is 0 Å². The fourth-order valence-corrected chi connectivity index (χ4v) is 2.74. The summed E-state index contributed by atoms with van der Waals surface area (Å²) in [4.78, 5) is 4.14. The van der Waals surface area contributed by atoms with Gasteiger partial charge in [0.05, 0.1) is 11.9 Å². The van der Waals surface area contributed by atoms with Crippen LogP contribution in [0.25, 0.3) is 11.3 Å². The maximum atomic E-state index is 9.46. The number of H-pyrrole nitrogens is 1. The normalized spacial score (nSPS) is 16.9. The summed E-state index contributed by atoms with van der Waals surface area (Å²) >= 11 is 0. The molecule has 3 rings (SSSR count). The van der Waals surface area contributed by atoms with Crippen LogP contribution in [0, 0.1) is 5.41 Å². The summed E-state index contributed by atoms with van der Waals surface area (Å²) in [5, 5.41) is 20.1. The number of aromatic amines is 1. The average molecular weight is 272 g/mol. The zero-order valence-corrected chi connectivity index (χ0v) is 11.5. The van der Waals surface area contributed by atoms with Crippen molar-refractivity contribution in [3.05, 3.63) is 36.3 Å². The summed E-state index contributed by atoms with van der Waals surface area (Å²) < 4.78 is 0. The highest BCUT2D eigenvalue weighted by Gasteiger charge is 2.35. The molecule has 2 aromatic heterocycles. The van der Waals surface area contributed by atoms with Gasteiger partial charge >= 0.3 is 0 Å². The molecule has 5 heteroatoms. The Balaban J connectivity index is 1.63. The van der Waals surface area contributed by atoms with Crippen molar-refractivity contribution >= 4 is 0 Å². The van der Waals surface area contributed by atoms with Gasteiger partial charge in [0, 0.05) is 48.6 Å². The van der Waals surface area contributed by atoms with Crippen molar-refractivity contribution in [2.24, 2.45) is 5.41 Å². The van der Waals surface area contributed by atoms with Gasteiger partial charge in [-0.3, -0.25) is 10.1 Å². The molecule has 1 saturated carbocycles. The van der Waals surface area contributed by atoms with E-state index < -0.39 is 0 Å². The summed E-state index contributed by atoms with van der Waals surface area (Å²) in [5.41, 5.74) is 3.29. The van der Waals surface area contributed by atoms with E-state index in [1.807, 2.05) is 24.5 Å². The van der Waals surface area contributed by atoms with Gasteiger partial charge in [-0.25, -0.2) is 0 Å². The first kappa shape index (κ1) is 13.3. The van der Waals surface area contributed by atoms with E-state index in [0.717, 1.165) is 42.8 Å². The van der Waals surface area contributed by atoms with E-state index in [4.69, 9.17) is 0 Å². The Morgan fingerprint density at radius 1 is 1.35 bits per heavy atom. The molecular weight excluding hydrogens is 252 g/mol. The minimum absolute atomic E-state index is 0.109. The van der Waals surface area contributed by atoms with Crippen LogP contribution in [-0.4, -0.2) is 33.4 Å². The minimum Gasteiger partial charge on any atom is -0.396 e. The van der Waals surface area contributed by atoms with E-state index in [0.29, 0.717) is 0 Å². The van der Waals surface area contributed by atoms with Crippen LogP contribution in [0.5, 0.6) is 0 Å². The van der Waals surface area contributed by atoms with Gasteiger partial charge in [0.25, 0.3) is 0 Å². The molecule has 5 nitrogen and oxygen atoms in total. The summed E-state index contributed by atoms with van der Waals surface area (Å²) in [5.74, 6) is 0. The molecule has 1 aliphatic rings. The van der Waals surface area contributed by atoms with E-state index in [9.17, 15) is 5.11 Å². The van der Waals surface area contributed by atoms with Gasteiger partial charge in [0.2, 0.25) is 0 Å². The summed E-state index contributed by atoms with van der Waals surface area (Å²) in [7, 11) is 0. The van der Waals surface area contributed by atoms with Crippen molar-refractivity contribution in [2.75, 3.05) is 13.2 Å². The highest BCUT2D eigenvalue weighted by Crippen LogP contribution is 2.39. The van der Waals surface area contributed by atoms with E-state index in [1.165, 1.54) is 6.42 Å². The third-order valence-electron chi connectivity index (χ3n) is 4.23. The molecule has 2 aromatic rings. The van der Waals surface area contributed by atoms with Gasteiger partial charge in [0.15, 0.2) is 0 Å². The lowest BCUT2D eigenvalue weighted by Gasteiger charge is -2.40. The first-order valence-electron chi connectivity index (χ1n) is 7.07. The van der Waals surface area contributed by atoms with E-state index in [2.05, 4.69) is 20.5 Å². The lowest BCUT2D eigenvalue weighted by atomic mass is 9.69. The molecule has 0 aromatic carbocycles. The van der Waals surface area contributed by atoms with Crippen molar-refractivity contribution in [1.82, 2.24) is 20.5 Å². The predicted octanol–water partition coefficient (Wildman–Crippen LogP) is 1.72. The summed E-state index contributed by atoms with van der Waals surface area (Å²) in [6.45, 7) is 1.89. The molecule has 20 heavy (non-hydrogen) atoms. The van der Waals surface area contributed by atoms with Gasteiger partial charge in [-0.05, 0) is 25.0 Å². The van der Waals surface area contributed by atoms with Crippen LogP contribution in [0.2, 0.25) is 0 Å².